The van der Waals surface area contributed by atoms with E-state index >= 15 is 0 Å². The van der Waals surface area contributed by atoms with Crippen LogP contribution in [-0.4, -0.2) is 26.9 Å². The van der Waals surface area contributed by atoms with Crippen LogP contribution in [0.15, 0.2) is 12.4 Å². The molecule has 0 aromatic carbocycles. The fourth-order valence-electron chi connectivity index (χ4n) is 2.02. The van der Waals surface area contributed by atoms with Gasteiger partial charge in [-0.05, 0) is 62.1 Å². The third kappa shape index (κ3) is 3.68. The van der Waals surface area contributed by atoms with Gasteiger partial charge in [0.05, 0.1) is 16.3 Å². The van der Waals surface area contributed by atoms with E-state index in [0.29, 0.717) is 6.54 Å². The molecule has 1 aliphatic rings. The second-order valence-electron chi connectivity index (χ2n) is 6.17. The molecule has 0 saturated heterocycles. The van der Waals surface area contributed by atoms with Crippen LogP contribution in [0.25, 0.3) is 0 Å². The van der Waals surface area contributed by atoms with E-state index in [1.54, 1.807) is 10.9 Å². The van der Waals surface area contributed by atoms with Gasteiger partial charge in [-0.1, -0.05) is 0 Å². The summed E-state index contributed by atoms with van der Waals surface area (Å²) in [6.45, 7) is 5.94. The predicted octanol–water partition coefficient (Wildman–Crippen LogP) is 1.94. The molecule has 1 heterocycles. The highest BCUT2D eigenvalue weighted by atomic mass is 127. The maximum atomic E-state index is 12.4. The molecule has 0 bridgehead atoms. The minimum Gasteiger partial charge on any atom is -0.459 e. The van der Waals surface area contributed by atoms with Crippen molar-refractivity contribution in [1.82, 2.24) is 9.78 Å². The number of carbonyl (C=O) groups is 1. The van der Waals surface area contributed by atoms with Crippen molar-refractivity contribution in [2.45, 2.75) is 51.3 Å². The summed E-state index contributed by atoms with van der Waals surface area (Å²) < 4.78 is 8.23. The molecule has 106 valence electrons. The first-order valence-electron chi connectivity index (χ1n) is 6.41. The zero-order valence-electron chi connectivity index (χ0n) is 11.5. The van der Waals surface area contributed by atoms with Gasteiger partial charge in [0.25, 0.3) is 0 Å². The van der Waals surface area contributed by atoms with E-state index in [2.05, 4.69) is 27.7 Å². The summed E-state index contributed by atoms with van der Waals surface area (Å²) in [6, 6.07) is 0. The van der Waals surface area contributed by atoms with Crippen LogP contribution in [0, 0.1) is 9.49 Å². The van der Waals surface area contributed by atoms with E-state index in [0.717, 1.165) is 16.4 Å². The van der Waals surface area contributed by atoms with Crippen LogP contribution in [0.4, 0.5) is 0 Å². The van der Waals surface area contributed by atoms with E-state index in [-0.39, 0.29) is 11.9 Å². The van der Waals surface area contributed by atoms with Gasteiger partial charge in [-0.3, -0.25) is 4.68 Å². The first-order valence-corrected chi connectivity index (χ1v) is 7.49. The fraction of sp³-hybridized carbons (Fsp3) is 0.692. The Hall–Kier alpha value is -0.630. The Morgan fingerprint density at radius 3 is 2.63 bits per heavy atom. The Balaban J connectivity index is 2.15. The highest BCUT2D eigenvalue weighted by molar-refractivity contribution is 14.1. The van der Waals surface area contributed by atoms with Gasteiger partial charge in [-0.25, -0.2) is 4.79 Å². The molecule has 1 unspecified atom stereocenters. The van der Waals surface area contributed by atoms with Gasteiger partial charge in [-0.15, -0.1) is 0 Å². The molecule has 0 spiro atoms. The highest BCUT2D eigenvalue weighted by Crippen LogP contribution is 2.40. The number of carbonyl (C=O) groups excluding carboxylic acids is 1. The third-order valence-corrected chi connectivity index (χ3v) is 3.67. The number of ether oxygens (including phenoxy) is 1. The van der Waals surface area contributed by atoms with Gasteiger partial charge >= 0.3 is 5.97 Å². The predicted molar refractivity (Wildman–Crippen MR) is 80.4 cm³/mol. The smallest absolute Gasteiger partial charge is 0.328 e. The molecule has 1 fully saturated rings. The van der Waals surface area contributed by atoms with Gasteiger partial charge in [0.2, 0.25) is 0 Å². The lowest BCUT2D eigenvalue weighted by molar-refractivity contribution is -0.163. The molecular weight excluding hydrogens is 357 g/mol. The van der Waals surface area contributed by atoms with Crippen molar-refractivity contribution >= 4 is 28.6 Å². The second kappa shape index (κ2) is 5.05. The van der Waals surface area contributed by atoms with Crippen molar-refractivity contribution < 1.29 is 9.53 Å². The first kappa shape index (κ1) is 14.8. The number of rotatable bonds is 4. The average Bonchev–Trinajstić information content (AvgIpc) is 3.02. The Morgan fingerprint density at radius 1 is 1.58 bits per heavy atom. The van der Waals surface area contributed by atoms with Crippen LogP contribution in [0.3, 0.4) is 0 Å². The summed E-state index contributed by atoms with van der Waals surface area (Å²) >= 11 is 2.18. The molecular formula is C13H20IN3O2. The molecule has 1 saturated carbocycles. The second-order valence-corrected chi connectivity index (χ2v) is 7.42. The van der Waals surface area contributed by atoms with Crippen LogP contribution in [0.2, 0.25) is 0 Å². The van der Waals surface area contributed by atoms with Gasteiger partial charge in [0.15, 0.2) is 0 Å². The third-order valence-electron chi connectivity index (χ3n) is 3.11. The molecule has 0 radical (unpaired) electrons. The van der Waals surface area contributed by atoms with Crippen molar-refractivity contribution in [3.63, 3.8) is 0 Å². The zero-order valence-corrected chi connectivity index (χ0v) is 13.7. The zero-order chi connectivity index (χ0) is 14.3. The Labute approximate surface area is 127 Å². The minimum atomic E-state index is -0.970. The maximum absolute atomic E-state index is 12.4. The Bertz CT molecular complexity index is 476. The van der Waals surface area contributed by atoms with Crippen LogP contribution in [0.1, 0.15) is 33.6 Å². The van der Waals surface area contributed by atoms with Crippen LogP contribution < -0.4 is 5.73 Å². The molecule has 0 aliphatic heterocycles. The first-order chi connectivity index (χ1) is 8.71. The molecule has 19 heavy (non-hydrogen) atoms. The molecule has 2 N–H and O–H groups in total. The lowest BCUT2D eigenvalue weighted by atomic mass is 9.94. The summed E-state index contributed by atoms with van der Waals surface area (Å²) in [5.41, 5.74) is 4.87. The average molecular weight is 377 g/mol. The van der Waals surface area contributed by atoms with Crippen molar-refractivity contribution in [3.05, 3.63) is 16.0 Å². The molecule has 6 heteroatoms. The lowest BCUT2D eigenvalue weighted by Crippen LogP contribution is -2.56. The molecule has 1 aromatic heterocycles. The van der Waals surface area contributed by atoms with E-state index < -0.39 is 11.1 Å². The number of aromatic nitrogens is 2. The Kier molecular flexibility index (Phi) is 3.92. The minimum absolute atomic E-state index is 0.198. The van der Waals surface area contributed by atoms with Crippen LogP contribution >= 0.6 is 22.6 Å². The number of esters is 1. The van der Waals surface area contributed by atoms with Crippen molar-refractivity contribution in [3.8, 4) is 0 Å². The number of nitrogens with zero attached hydrogens (tertiary/aromatic N) is 2. The van der Waals surface area contributed by atoms with Crippen molar-refractivity contribution in [2.24, 2.45) is 11.7 Å². The molecule has 1 atom stereocenters. The van der Waals surface area contributed by atoms with E-state index in [1.807, 2.05) is 27.0 Å². The van der Waals surface area contributed by atoms with E-state index in [4.69, 9.17) is 10.5 Å². The summed E-state index contributed by atoms with van der Waals surface area (Å²) in [7, 11) is 0. The van der Waals surface area contributed by atoms with Crippen LogP contribution in [-0.2, 0) is 16.1 Å². The quantitative estimate of drug-likeness (QED) is 0.643. The summed E-state index contributed by atoms with van der Waals surface area (Å²) in [6.07, 6.45) is 5.60. The normalized spacial score (nSPS) is 19.0. The SMILES string of the molecule is CC(C)(C)OC(=O)C(N)(Cn1cc(I)cn1)C1CC1. The Morgan fingerprint density at radius 2 is 2.21 bits per heavy atom. The molecule has 1 aromatic rings. The highest BCUT2D eigenvalue weighted by Gasteiger charge is 2.50. The number of hydrogen-bond donors (Lipinski definition) is 1. The fourth-order valence-corrected chi connectivity index (χ4v) is 2.47. The molecule has 1 aliphatic carbocycles. The van der Waals surface area contributed by atoms with Gasteiger partial charge < -0.3 is 10.5 Å². The molecule has 0 amide bonds. The molecule has 5 nitrogen and oxygen atoms in total. The van der Waals surface area contributed by atoms with Crippen molar-refractivity contribution in [1.29, 1.82) is 0 Å². The monoisotopic (exact) mass is 377 g/mol. The number of halogens is 1. The maximum Gasteiger partial charge on any atom is 0.328 e. The summed E-state index contributed by atoms with van der Waals surface area (Å²) in [4.78, 5) is 12.4. The topological polar surface area (TPSA) is 70.1 Å². The van der Waals surface area contributed by atoms with Gasteiger partial charge in [-0.2, -0.15) is 5.10 Å². The summed E-state index contributed by atoms with van der Waals surface area (Å²) in [5, 5.41) is 4.21. The van der Waals surface area contributed by atoms with E-state index in [9.17, 15) is 4.79 Å². The van der Waals surface area contributed by atoms with Crippen LogP contribution in [0.5, 0.6) is 0 Å². The number of nitrogens with two attached hydrogens (primary N) is 1. The summed E-state index contributed by atoms with van der Waals surface area (Å²) in [5.74, 6) is -0.128. The van der Waals surface area contributed by atoms with Gasteiger partial charge in [0.1, 0.15) is 11.1 Å². The number of hydrogen-bond acceptors (Lipinski definition) is 4. The lowest BCUT2D eigenvalue weighted by Gasteiger charge is -2.31. The standard InChI is InChI=1S/C13H20IN3O2/c1-12(2,3)19-11(18)13(15,9-4-5-9)8-17-7-10(14)6-16-17/h6-7,9H,4-5,8,15H2,1-3H3. The largest absolute Gasteiger partial charge is 0.459 e. The van der Waals surface area contributed by atoms with E-state index in [1.165, 1.54) is 0 Å². The van der Waals surface area contributed by atoms with Gasteiger partial charge in [0, 0.05) is 6.20 Å². The molecule has 2 rings (SSSR count). The van der Waals surface area contributed by atoms with Crippen molar-refractivity contribution in [2.75, 3.05) is 0 Å².